The maximum atomic E-state index is 5.67. The van der Waals surface area contributed by atoms with Gasteiger partial charge in [0.2, 0.25) is 0 Å². The van der Waals surface area contributed by atoms with Crippen LogP contribution in [0.15, 0.2) is 0 Å². The Hall–Kier alpha value is -0.160. The van der Waals surface area contributed by atoms with E-state index < -0.39 is 0 Å². The average Bonchev–Trinajstić information content (AvgIpc) is 2.74. The quantitative estimate of drug-likeness (QED) is 0.707. The first-order chi connectivity index (χ1) is 7.40. The Balaban J connectivity index is 1.80. The van der Waals surface area contributed by atoms with E-state index in [1.807, 2.05) is 0 Å². The average molecular weight is 214 g/mol. The molecule has 2 heterocycles. The lowest BCUT2D eigenvalue weighted by molar-refractivity contribution is 0.00627. The third-order valence-electron chi connectivity index (χ3n) is 3.50. The number of nitrogens with zero attached hydrogens (tertiary/aromatic N) is 1. The minimum absolute atomic E-state index is 0.448. The van der Waals surface area contributed by atoms with Crippen LogP contribution in [0.1, 0.15) is 32.1 Å². The highest BCUT2D eigenvalue weighted by atomic mass is 16.6. The Morgan fingerprint density at radius 1 is 1.27 bits per heavy atom. The van der Waals surface area contributed by atoms with Gasteiger partial charge in [0, 0.05) is 19.2 Å². The van der Waals surface area contributed by atoms with Gasteiger partial charge in [-0.25, -0.2) is 5.90 Å². The molecule has 15 heavy (non-hydrogen) atoms. The van der Waals surface area contributed by atoms with Gasteiger partial charge in [-0.2, -0.15) is 0 Å². The van der Waals surface area contributed by atoms with E-state index in [-0.39, 0.29) is 0 Å². The van der Waals surface area contributed by atoms with Gasteiger partial charge in [0.05, 0.1) is 12.7 Å². The zero-order valence-electron chi connectivity index (χ0n) is 9.36. The predicted molar refractivity (Wildman–Crippen MR) is 58.3 cm³/mol. The molecular formula is C11H22N2O2. The molecule has 88 valence electrons. The lowest BCUT2D eigenvalue weighted by Gasteiger charge is -2.36. The van der Waals surface area contributed by atoms with Crippen molar-refractivity contribution in [3.63, 3.8) is 0 Å². The van der Waals surface area contributed by atoms with Crippen LogP contribution < -0.4 is 5.90 Å². The predicted octanol–water partition coefficient (Wildman–Crippen LogP) is 0.910. The van der Waals surface area contributed by atoms with E-state index in [1.54, 1.807) is 0 Å². The van der Waals surface area contributed by atoms with Crippen LogP contribution in [0.3, 0.4) is 0 Å². The molecule has 0 amide bonds. The molecule has 0 spiro atoms. The Labute approximate surface area is 91.7 Å². The fourth-order valence-electron chi connectivity index (χ4n) is 2.65. The van der Waals surface area contributed by atoms with E-state index in [9.17, 15) is 0 Å². The molecule has 2 atom stereocenters. The van der Waals surface area contributed by atoms with Gasteiger partial charge < -0.3 is 9.57 Å². The molecule has 4 nitrogen and oxygen atoms in total. The van der Waals surface area contributed by atoms with Crippen molar-refractivity contribution in [2.45, 2.75) is 44.2 Å². The van der Waals surface area contributed by atoms with Gasteiger partial charge in [0.25, 0.3) is 0 Å². The molecule has 2 saturated heterocycles. The van der Waals surface area contributed by atoms with Gasteiger partial charge in [-0.05, 0) is 32.2 Å². The number of nitrogens with two attached hydrogens (primary N) is 1. The first-order valence-corrected chi connectivity index (χ1v) is 6.07. The van der Waals surface area contributed by atoms with Gasteiger partial charge in [-0.15, -0.1) is 0 Å². The number of likely N-dealkylation sites (tertiary alicyclic amines) is 1. The summed E-state index contributed by atoms with van der Waals surface area (Å²) in [5, 5.41) is 0. The monoisotopic (exact) mass is 214 g/mol. The number of hydrogen-bond donors (Lipinski definition) is 1. The van der Waals surface area contributed by atoms with Crippen molar-refractivity contribution < 1.29 is 9.57 Å². The molecule has 0 aromatic heterocycles. The second kappa shape index (κ2) is 5.80. The molecule has 2 rings (SSSR count). The molecule has 2 fully saturated rings. The number of hydrogen-bond acceptors (Lipinski definition) is 4. The minimum atomic E-state index is 0.448. The van der Waals surface area contributed by atoms with E-state index in [1.165, 1.54) is 38.6 Å². The van der Waals surface area contributed by atoms with Crippen LogP contribution in [0.2, 0.25) is 0 Å². The molecule has 2 unspecified atom stereocenters. The molecule has 0 aromatic carbocycles. The Morgan fingerprint density at radius 3 is 2.93 bits per heavy atom. The fourth-order valence-corrected chi connectivity index (χ4v) is 2.65. The zero-order valence-corrected chi connectivity index (χ0v) is 9.36. The third kappa shape index (κ3) is 3.14. The molecule has 2 aliphatic rings. The molecule has 0 aromatic rings. The Bertz CT molecular complexity index is 181. The van der Waals surface area contributed by atoms with Crippen LogP contribution >= 0.6 is 0 Å². The smallest absolute Gasteiger partial charge is 0.0834 e. The summed E-state index contributed by atoms with van der Waals surface area (Å²) in [6.45, 7) is 3.84. The lowest BCUT2D eigenvalue weighted by Crippen LogP contribution is -2.46. The zero-order chi connectivity index (χ0) is 10.5. The maximum absolute atomic E-state index is 5.67. The summed E-state index contributed by atoms with van der Waals surface area (Å²) in [7, 11) is 0. The van der Waals surface area contributed by atoms with Crippen LogP contribution in [0.25, 0.3) is 0 Å². The van der Waals surface area contributed by atoms with Crippen LogP contribution in [-0.2, 0) is 9.57 Å². The SMILES string of the molecule is NOCC1CCCCN1CC1CCCO1. The fraction of sp³-hybridized carbons (Fsp3) is 1.00. The molecule has 0 bridgehead atoms. The second-order valence-electron chi connectivity index (χ2n) is 4.61. The summed E-state index contributed by atoms with van der Waals surface area (Å²) in [5.41, 5.74) is 0. The van der Waals surface area contributed by atoms with Gasteiger partial charge in [-0.1, -0.05) is 6.42 Å². The summed E-state index contributed by atoms with van der Waals surface area (Å²) >= 11 is 0. The largest absolute Gasteiger partial charge is 0.377 e. The summed E-state index contributed by atoms with van der Waals surface area (Å²) in [4.78, 5) is 7.29. The van der Waals surface area contributed by atoms with Gasteiger partial charge >= 0.3 is 0 Å². The van der Waals surface area contributed by atoms with Crippen molar-refractivity contribution in [1.29, 1.82) is 0 Å². The van der Waals surface area contributed by atoms with E-state index in [0.29, 0.717) is 18.8 Å². The normalized spacial score (nSPS) is 33.4. The summed E-state index contributed by atoms with van der Waals surface area (Å²) in [6, 6.07) is 0.507. The number of rotatable bonds is 4. The Kier molecular flexibility index (Phi) is 4.38. The molecule has 2 aliphatic heterocycles. The van der Waals surface area contributed by atoms with E-state index in [4.69, 9.17) is 15.5 Å². The van der Waals surface area contributed by atoms with Crippen molar-refractivity contribution in [2.75, 3.05) is 26.3 Å². The van der Waals surface area contributed by atoms with Gasteiger partial charge in [-0.3, -0.25) is 4.90 Å². The van der Waals surface area contributed by atoms with Crippen LogP contribution in [-0.4, -0.2) is 43.3 Å². The molecule has 0 aliphatic carbocycles. The van der Waals surface area contributed by atoms with Gasteiger partial charge in [0.15, 0.2) is 0 Å². The number of piperidine rings is 1. The number of ether oxygens (including phenoxy) is 1. The standard InChI is InChI=1S/C11H22N2O2/c12-15-9-10-4-1-2-6-13(10)8-11-5-3-7-14-11/h10-11H,1-9,12H2. The van der Waals surface area contributed by atoms with E-state index >= 15 is 0 Å². The third-order valence-corrected chi connectivity index (χ3v) is 3.50. The van der Waals surface area contributed by atoms with Crippen LogP contribution in [0.4, 0.5) is 0 Å². The van der Waals surface area contributed by atoms with Crippen molar-refractivity contribution in [3.8, 4) is 0 Å². The first kappa shape index (κ1) is 11.3. The van der Waals surface area contributed by atoms with Crippen molar-refractivity contribution >= 4 is 0 Å². The van der Waals surface area contributed by atoms with Crippen molar-refractivity contribution in [1.82, 2.24) is 4.90 Å². The van der Waals surface area contributed by atoms with Crippen molar-refractivity contribution in [2.24, 2.45) is 5.90 Å². The molecule has 0 saturated carbocycles. The van der Waals surface area contributed by atoms with E-state index in [0.717, 1.165) is 13.2 Å². The Morgan fingerprint density at radius 2 is 2.20 bits per heavy atom. The second-order valence-corrected chi connectivity index (χ2v) is 4.61. The van der Waals surface area contributed by atoms with E-state index in [2.05, 4.69) is 4.90 Å². The van der Waals surface area contributed by atoms with Gasteiger partial charge in [0.1, 0.15) is 0 Å². The maximum Gasteiger partial charge on any atom is 0.0834 e. The highest BCUT2D eigenvalue weighted by Gasteiger charge is 2.26. The molecular weight excluding hydrogens is 192 g/mol. The van der Waals surface area contributed by atoms with Crippen LogP contribution in [0.5, 0.6) is 0 Å². The summed E-state index contributed by atoms with van der Waals surface area (Å²) < 4.78 is 5.67. The van der Waals surface area contributed by atoms with Crippen molar-refractivity contribution in [3.05, 3.63) is 0 Å². The minimum Gasteiger partial charge on any atom is -0.377 e. The lowest BCUT2D eigenvalue weighted by atomic mass is 10.0. The topological polar surface area (TPSA) is 47.7 Å². The summed E-state index contributed by atoms with van der Waals surface area (Å²) in [5.74, 6) is 5.17. The molecule has 4 heteroatoms. The molecule has 0 radical (unpaired) electrons. The van der Waals surface area contributed by atoms with Crippen LogP contribution in [0, 0.1) is 0 Å². The highest BCUT2D eigenvalue weighted by Crippen LogP contribution is 2.20. The summed E-state index contributed by atoms with van der Waals surface area (Å²) in [6.07, 6.45) is 6.69. The first-order valence-electron chi connectivity index (χ1n) is 6.07. The highest BCUT2D eigenvalue weighted by molar-refractivity contribution is 4.80. The molecule has 2 N–H and O–H groups in total.